The monoisotopic (exact) mass is 428 g/mol. The molecule has 164 valence electrons. The number of nitrogens with zero attached hydrogens (tertiary/aromatic N) is 6. The van der Waals surface area contributed by atoms with Gasteiger partial charge in [-0.15, -0.1) is 10.2 Å². The molecule has 1 fully saturated rings. The maximum atomic E-state index is 13.1. The van der Waals surface area contributed by atoms with Crippen molar-refractivity contribution in [3.05, 3.63) is 30.2 Å². The highest BCUT2D eigenvalue weighted by molar-refractivity contribution is 6.00. The summed E-state index contributed by atoms with van der Waals surface area (Å²) in [5.41, 5.74) is -1.08. The summed E-state index contributed by atoms with van der Waals surface area (Å²) in [7, 11) is 0. The van der Waals surface area contributed by atoms with Crippen LogP contribution in [0.25, 0.3) is 5.69 Å². The normalized spacial score (nSPS) is 19.6. The minimum Gasteiger partial charge on any atom is -0.458 e. The number of rotatable bonds is 4. The molecule has 0 aliphatic carbocycles. The highest BCUT2D eigenvalue weighted by atomic mass is 16.6. The van der Waals surface area contributed by atoms with Crippen molar-refractivity contribution in [1.29, 1.82) is 5.26 Å². The van der Waals surface area contributed by atoms with E-state index in [4.69, 9.17) is 14.7 Å². The number of hydrogen-bond donors (Lipinski definition) is 1. The summed E-state index contributed by atoms with van der Waals surface area (Å²) in [6, 6.07) is 5.01. The van der Waals surface area contributed by atoms with Crippen LogP contribution in [0.2, 0.25) is 0 Å². The van der Waals surface area contributed by atoms with Crippen LogP contribution in [-0.2, 0) is 19.1 Å². The van der Waals surface area contributed by atoms with Crippen molar-refractivity contribution < 1.29 is 24.2 Å². The van der Waals surface area contributed by atoms with E-state index < -0.39 is 35.3 Å². The minimum atomic E-state index is -1.79. The van der Waals surface area contributed by atoms with Crippen LogP contribution in [0.15, 0.2) is 24.5 Å². The van der Waals surface area contributed by atoms with Crippen molar-refractivity contribution in [1.82, 2.24) is 20.0 Å². The van der Waals surface area contributed by atoms with Gasteiger partial charge in [-0.1, -0.05) is 0 Å². The maximum Gasteiger partial charge on any atom is 0.338 e. The minimum absolute atomic E-state index is 0.124. The molecule has 2 aromatic rings. The van der Waals surface area contributed by atoms with Gasteiger partial charge < -0.3 is 14.6 Å². The highest BCUT2D eigenvalue weighted by Gasteiger charge is 2.47. The molecule has 0 radical (unpaired) electrons. The van der Waals surface area contributed by atoms with Gasteiger partial charge in [0.1, 0.15) is 11.7 Å². The molecule has 31 heavy (non-hydrogen) atoms. The topological polar surface area (TPSA) is 143 Å². The summed E-state index contributed by atoms with van der Waals surface area (Å²) < 4.78 is 12.4. The number of nitriles is 1. The van der Waals surface area contributed by atoms with E-state index in [1.54, 1.807) is 46.9 Å². The van der Waals surface area contributed by atoms with Gasteiger partial charge >= 0.3 is 5.97 Å². The molecule has 1 amide bonds. The van der Waals surface area contributed by atoms with E-state index in [-0.39, 0.29) is 18.1 Å². The molecule has 1 N–H and O–H groups in total. The number of esters is 1. The second-order valence-electron chi connectivity index (χ2n) is 8.73. The summed E-state index contributed by atoms with van der Waals surface area (Å²) in [5, 5.41) is 31.3. The summed E-state index contributed by atoms with van der Waals surface area (Å²) in [4.78, 5) is 26.8. The molecule has 0 aromatic carbocycles. The number of ether oxygens (including phenoxy) is 2. The molecule has 2 unspecified atom stereocenters. The van der Waals surface area contributed by atoms with Gasteiger partial charge in [-0.25, -0.2) is 9.48 Å². The lowest BCUT2D eigenvalue weighted by Crippen LogP contribution is -2.61. The second-order valence-corrected chi connectivity index (χ2v) is 8.73. The molecule has 3 heterocycles. The molecule has 2 aromatic heterocycles. The number of morpholine rings is 1. The maximum absolute atomic E-state index is 13.1. The van der Waals surface area contributed by atoms with Gasteiger partial charge in [-0.3, -0.25) is 9.69 Å². The number of carbonyl (C=O) groups excluding carboxylic acids is 2. The van der Waals surface area contributed by atoms with Gasteiger partial charge in [0.2, 0.25) is 0 Å². The van der Waals surface area contributed by atoms with Crippen molar-refractivity contribution in [3.8, 4) is 11.8 Å². The average molecular weight is 428 g/mol. The molecule has 1 saturated heterocycles. The lowest BCUT2D eigenvalue weighted by Gasteiger charge is -2.42. The number of aliphatic hydroxyl groups excluding tert-OH is 1. The molecule has 0 saturated carbocycles. The zero-order chi connectivity index (χ0) is 23.0. The van der Waals surface area contributed by atoms with Gasteiger partial charge in [0.15, 0.2) is 23.7 Å². The Morgan fingerprint density at radius 1 is 1.45 bits per heavy atom. The Kier molecular flexibility index (Phi) is 5.80. The van der Waals surface area contributed by atoms with Crippen molar-refractivity contribution in [2.75, 3.05) is 11.4 Å². The molecular weight excluding hydrogens is 404 g/mol. The SMILES string of the molecule is CC(C)(C)OC(=O)C(O)C1OC(C)(C)CN(c2ccn(-c3cnnc(C#N)c3)n2)C1=O. The summed E-state index contributed by atoms with van der Waals surface area (Å²) >= 11 is 0. The fraction of sp³-hybridized carbons (Fsp3) is 0.500. The van der Waals surface area contributed by atoms with Gasteiger partial charge in [-0.2, -0.15) is 10.4 Å². The molecule has 3 rings (SSSR count). The van der Waals surface area contributed by atoms with Crippen LogP contribution < -0.4 is 4.90 Å². The van der Waals surface area contributed by atoms with E-state index in [9.17, 15) is 14.7 Å². The molecule has 1 aliphatic heterocycles. The van der Waals surface area contributed by atoms with Crippen LogP contribution >= 0.6 is 0 Å². The lowest BCUT2D eigenvalue weighted by molar-refractivity contribution is -0.188. The Bertz CT molecular complexity index is 1040. The van der Waals surface area contributed by atoms with Crippen LogP contribution in [-0.4, -0.2) is 66.9 Å². The third-order valence-corrected chi connectivity index (χ3v) is 4.30. The third kappa shape index (κ3) is 5.04. The van der Waals surface area contributed by atoms with Gasteiger partial charge in [-0.05, 0) is 34.6 Å². The zero-order valence-electron chi connectivity index (χ0n) is 17.9. The molecule has 0 spiro atoms. The average Bonchev–Trinajstić information content (AvgIpc) is 3.17. The van der Waals surface area contributed by atoms with Crippen molar-refractivity contribution >= 4 is 17.7 Å². The van der Waals surface area contributed by atoms with Crippen LogP contribution in [0.5, 0.6) is 0 Å². The Hall–Kier alpha value is -3.36. The van der Waals surface area contributed by atoms with Gasteiger partial charge in [0.25, 0.3) is 5.91 Å². The van der Waals surface area contributed by atoms with E-state index in [1.807, 2.05) is 6.07 Å². The fourth-order valence-electron chi connectivity index (χ4n) is 3.06. The smallest absolute Gasteiger partial charge is 0.338 e. The van der Waals surface area contributed by atoms with Crippen LogP contribution in [0.4, 0.5) is 5.82 Å². The first-order valence-electron chi connectivity index (χ1n) is 9.59. The number of carbonyl (C=O) groups is 2. The number of aliphatic hydroxyl groups is 1. The zero-order valence-corrected chi connectivity index (χ0v) is 17.9. The Labute approximate surface area is 179 Å². The summed E-state index contributed by atoms with van der Waals surface area (Å²) in [5.74, 6) is -1.27. The van der Waals surface area contributed by atoms with E-state index in [1.165, 1.54) is 21.8 Å². The first kappa shape index (κ1) is 22.3. The Morgan fingerprint density at radius 3 is 2.81 bits per heavy atom. The number of aromatic nitrogens is 4. The van der Waals surface area contributed by atoms with Crippen molar-refractivity contribution in [2.45, 2.75) is 58.0 Å². The molecule has 0 bridgehead atoms. The van der Waals surface area contributed by atoms with E-state index in [0.29, 0.717) is 5.69 Å². The van der Waals surface area contributed by atoms with Crippen molar-refractivity contribution in [2.24, 2.45) is 0 Å². The number of hydrogen-bond acceptors (Lipinski definition) is 9. The van der Waals surface area contributed by atoms with E-state index >= 15 is 0 Å². The Morgan fingerprint density at radius 2 is 2.16 bits per heavy atom. The summed E-state index contributed by atoms with van der Waals surface area (Å²) in [6.45, 7) is 8.62. The van der Waals surface area contributed by atoms with Gasteiger partial charge in [0.05, 0.1) is 24.0 Å². The standard InChI is InChI=1S/C20H24N6O5/c1-19(2,3)31-18(29)15(27)16-17(28)25(11-20(4,5)30-16)14-6-7-26(24-14)13-8-12(9-21)23-22-10-13/h6-8,10,15-16,27H,11H2,1-5H3. The van der Waals surface area contributed by atoms with Crippen LogP contribution in [0.1, 0.15) is 40.3 Å². The third-order valence-electron chi connectivity index (χ3n) is 4.30. The highest BCUT2D eigenvalue weighted by Crippen LogP contribution is 2.28. The molecule has 1 aliphatic rings. The van der Waals surface area contributed by atoms with Crippen LogP contribution in [0.3, 0.4) is 0 Å². The van der Waals surface area contributed by atoms with E-state index in [2.05, 4.69) is 15.3 Å². The van der Waals surface area contributed by atoms with E-state index in [0.717, 1.165) is 0 Å². The Balaban J connectivity index is 1.87. The predicted octanol–water partition coefficient (Wildman–Crippen LogP) is 0.747. The first-order chi connectivity index (χ1) is 14.4. The second kappa shape index (κ2) is 8.05. The number of amides is 1. The molecular formula is C20H24N6O5. The number of anilines is 1. The lowest BCUT2D eigenvalue weighted by atomic mass is 10.0. The predicted molar refractivity (Wildman–Crippen MR) is 107 cm³/mol. The molecule has 11 nitrogen and oxygen atoms in total. The fourth-order valence-corrected chi connectivity index (χ4v) is 3.06. The first-order valence-corrected chi connectivity index (χ1v) is 9.59. The summed E-state index contributed by atoms with van der Waals surface area (Å²) in [6.07, 6.45) is -0.213. The van der Waals surface area contributed by atoms with Gasteiger partial charge in [0, 0.05) is 18.3 Å². The van der Waals surface area contributed by atoms with Crippen molar-refractivity contribution in [3.63, 3.8) is 0 Å². The molecule has 2 atom stereocenters. The quantitative estimate of drug-likeness (QED) is 0.697. The van der Waals surface area contributed by atoms with Crippen LogP contribution in [0, 0.1) is 11.3 Å². The molecule has 11 heteroatoms. The largest absolute Gasteiger partial charge is 0.458 e.